The van der Waals surface area contributed by atoms with Crippen molar-refractivity contribution in [2.45, 2.75) is 13.8 Å². The van der Waals surface area contributed by atoms with Gasteiger partial charge in [-0.1, -0.05) is 30.3 Å². The number of benzene rings is 2. The molecule has 0 bridgehead atoms. The van der Waals surface area contributed by atoms with Crippen molar-refractivity contribution in [3.8, 4) is 16.3 Å². The number of thiazole rings is 1. The summed E-state index contributed by atoms with van der Waals surface area (Å²) in [5, 5.41) is 10.4. The summed E-state index contributed by atoms with van der Waals surface area (Å²) in [6, 6.07) is 15.1. The largest absolute Gasteiger partial charge is 0.508 e. The molecule has 3 rings (SSSR count). The van der Waals surface area contributed by atoms with Crippen molar-refractivity contribution in [1.82, 2.24) is 4.98 Å². The van der Waals surface area contributed by atoms with E-state index in [-0.39, 0.29) is 18.1 Å². The van der Waals surface area contributed by atoms with E-state index in [1.807, 2.05) is 50.2 Å². The third-order valence-electron chi connectivity index (χ3n) is 3.77. The van der Waals surface area contributed by atoms with Gasteiger partial charge in [0.05, 0.1) is 10.6 Å². The number of aromatic hydroxyl groups is 1. The van der Waals surface area contributed by atoms with Gasteiger partial charge in [0.2, 0.25) is 0 Å². The van der Waals surface area contributed by atoms with Gasteiger partial charge in [-0.2, -0.15) is 0 Å². The van der Waals surface area contributed by atoms with E-state index in [4.69, 9.17) is 0 Å². The molecule has 25 heavy (non-hydrogen) atoms. The van der Waals surface area contributed by atoms with E-state index in [2.05, 4.69) is 9.98 Å². The van der Waals surface area contributed by atoms with Crippen LogP contribution in [0.2, 0.25) is 0 Å². The maximum absolute atomic E-state index is 12.4. The molecule has 0 amide bonds. The summed E-state index contributed by atoms with van der Waals surface area (Å²) < 4.78 is 0. The van der Waals surface area contributed by atoms with Crippen LogP contribution in [0.1, 0.15) is 26.5 Å². The Kier molecular flexibility index (Phi) is 5.05. The van der Waals surface area contributed by atoms with Crippen LogP contribution in [-0.2, 0) is 0 Å². The highest BCUT2D eigenvalue weighted by Crippen LogP contribution is 2.28. The van der Waals surface area contributed by atoms with Crippen LogP contribution in [0.4, 0.5) is 0 Å². The first kappa shape index (κ1) is 17.0. The number of carbonyl (C=O) groups excluding carboxylic acids is 1. The van der Waals surface area contributed by atoms with E-state index in [1.54, 1.807) is 18.3 Å². The smallest absolute Gasteiger partial charge is 0.196 e. The molecule has 0 atom stereocenters. The molecule has 0 radical (unpaired) electrons. The second-order valence-electron chi connectivity index (χ2n) is 5.74. The molecule has 0 saturated heterocycles. The second kappa shape index (κ2) is 7.40. The summed E-state index contributed by atoms with van der Waals surface area (Å²) in [5.74, 6) is 0.214. The number of carbonyl (C=O) groups is 1. The number of aliphatic imine (C=N–C) groups is 1. The van der Waals surface area contributed by atoms with Crippen LogP contribution in [0.15, 0.2) is 53.5 Å². The normalized spacial score (nSPS) is 11.1. The fourth-order valence-corrected chi connectivity index (χ4v) is 3.43. The van der Waals surface area contributed by atoms with Crippen LogP contribution in [0.25, 0.3) is 10.6 Å². The summed E-state index contributed by atoms with van der Waals surface area (Å²) in [6.07, 6.45) is 1.65. The predicted molar refractivity (Wildman–Crippen MR) is 102 cm³/mol. The van der Waals surface area contributed by atoms with Crippen molar-refractivity contribution in [1.29, 1.82) is 0 Å². The predicted octanol–water partition coefficient (Wildman–Crippen LogP) is 4.43. The molecule has 2 aromatic carbocycles. The number of phenolic OH excluding ortho intramolecular Hbond substituents is 1. The maximum Gasteiger partial charge on any atom is 0.196 e. The minimum Gasteiger partial charge on any atom is -0.508 e. The van der Waals surface area contributed by atoms with Crippen molar-refractivity contribution >= 4 is 23.3 Å². The molecule has 0 fully saturated rings. The van der Waals surface area contributed by atoms with Gasteiger partial charge in [0, 0.05) is 11.8 Å². The minimum absolute atomic E-state index is 0.0380. The van der Waals surface area contributed by atoms with Gasteiger partial charge in [-0.25, -0.2) is 4.98 Å². The number of aryl methyl sites for hydroxylation is 2. The lowest BCUT2D eigenvalue weighted by molar-refractivity contribution is 0.100. The zero-order chi connectivity index (χ0) is 17.8. The summed E-state index contributed by atoms with van der Waals surface area (Å²) in [7, 11) is 0. The third-order valence-corrected chi connectivity index (χ3v) is 5.01. The molecule has 1 aromatic heterocycles. The Balaban J connectivity index is 1.72. The van der Waals surface area contributed by atoms with E-state index < -0.39 is 0 Å². The number of ketones is 1. The topological polar surface area (TPSA) is 62.5 Å². The Bertz CT molecular complexity index is 930. The van der Waals surface area contributed by atoms with Gasteiger partial charge in [-0.05, 0) is 43.2 Å². The summed E-state index contributed by atoms with van der Waals surface area (Å²) in [5.41, 5.74) is 3.39. The van der Waals surface area contributed by atoms with Crippen LogP contribution in [0, 0.1) is 13.8 Å². The molecule has 5 heteroatoms. The maximum atomic E-state index is 12.4. The molecule has 1 heterocycles. The van der Waals surface area contributed by atoms with Crippen molar-refractivity contribution in [3.63, 3.8) is 0 Å². The van der Waals surface area contributed by atoms with Crippen molar-refractivity contribution in [3.05, 3.63) is 70.2 Å². The van der Waals surface area contributed by atoms with Gasteiger partial charge in [0.25, 0.3) is 0 Å². The second-order valence-corrected chi connectivity index (χ2v) is 6.74. The van der Waals surface area contributed by atoms with E-state index in [0.29, 0.717) is 4.88 Å². The summed E-state index contributed by atoms with van der Waals surface area (Å²) >= 11 is 1.40. The van der Waals surface area contributed by atoms with Crippen LogP contribution in [-0.4, -0.2) is 28.6 Å². The van der Waals surface area contributed by atoms with Crippen molar-refractivity contribution in [2.24, 2.45) is 4.99 Å². The quantitative estimate of drug-likeness (QED) is 0.547. The monoisotopic (exact) mass is 350 g/mol. The number of phenols is 1. The first-order valence-electron chi connectivity index (χ1n) is 7.90. The Hall–Kier alpha value is -2.79. The Morgan fingerprint density at radius 3 is 2.68 bits per heavy atom. The first-order valence-corrected chi connectivity index (χ1v) is 8.72. The van der Waals surface area contributed by atoms with Crippen LogP contribution < -0.4 is 0 Å². The third kappa shape index (κ3) is 4.00. The SMILES string of the molecule is Cc1cc(C=NCC(=O)c2sc(-c3ccccc3)nc2C)ccc1O. The number of aromatic nitrogens is 1. The van der Waals surface area contributed by atoms with Crippen LogP contribution in [0.5, 0.6) is 5.75 Å². The lowest BCUT2D eigenvalue weighted by Crippen LogP contribution is -2.03. The highest BCUT2D eigenvalue weighted by molar-refractivity contribution is 7.17. The molecule has 0 unspecified atom stereocenters. The number of hydrogen-bond donors (Lipinski definition) is 1. The Morgan fingerprint density at radius 2 is 1.96 bits per heavy atom. The van der Waals surface area contributed by atoms with E-state index in [9.17, 15) is 9.90 Å². The van der Waals surface area contributed by atoms with E-state index >= 15 is 0 Å². The van der Waals surface area contributed by atoms with Gasteiger partial charge in [-0.15, -0.1) is 11.3 Å². The Morgan fingerprint density at radius 1 is 1.20 bits per heavy atom. The first-order chi connectivity index (χ1) is 12.0. The highest BCUT2D eigenvalue weighted by atomic mass is 32.1. The van der Waals surface area contributed by atoms with Crippen molar-refractivity contribution < 1.29 is 9.90 Å². The molecular formula is C20H18N2O2S. The number of nitrogens with zero attached hydrogens (tertiary/aromatic N) is 2. The standard InChI is InChI=1S/C20H18N2O2S/c1-13-10-15(8-9-17(13)23)11-21-12-18(24)19-14(2)22-20(25-19)16-6-4-3-5-7-16/h3-11,23H,12H2,1-2H3. The molecular weight excluding hydrogens is 332 g/mol. The summed E-state index contributed by atoms with van der Waals surface area (Å²) in [6.45, 7) is 3.75. The highest BCUT2D eigenvalue weighted by Gasteiger charge is 2.15. The van der Waals surface area contributed by atoms with Gasteiger partial charge >= 0.3 is 0 Å². The number of rotatable bonds is 5. The lowest BCUT2D eigenvalue weighted by Gasteiger charge is -1.99. The van der Waals surface area contributed by atoms with Crippen LogP contribution in [0.3, 0.4) is 0 Å². The molecule has 0 aliphatic rings. The van der Waals surface area contributed by atoms with Crippen LogP contribution >= 0.6 is 11.3 Å². The average molecular weight is 350 g/mol. The fourth-order valence-electron chi connectivity index (χ4n) is 2.42. The fraction of sp³-hybridized carbons (Fsp3) is 0.150. The molecule has 1 N–H and O–H groups in total. The molecule has 4 nitrogen and oxygen atoms in total. The average Bonchev–Trinajstić information content (AvgIpc) is 3.01. The minimum atomic E-state index is -0.0380. The zero-order valence-electron chi connectivity index (χ0n) is 14.1. The molecule has 0 aliphatic carbocycles. The molecule has 3 aromatic rings. The molecule has 0 aliphatic heterocycles. The number of hydrogen-bond acceptors (Lipinski definition) is 5. The van der Waals surface area contributed by atoms with Gasteiger partial charge in [0.1, 0.15) is 17.3 Å². The Labute approximate surface area is 150 Å². The van der Waals surface area contributed by atoms with E-state index in [1.165, 1.54) is 11.3 Å². The molecule has 126 valence electrons. The van der Waals surface area contributed by atoms with Gasteiger partial charge < -0.3 is 5.11 Å². The lowest BCUT2D eigenvalue weighted by atomic mass is 10.1. The van der Waals surface area contributed by atoms with Gasteiger partial charge in [0.15, 0.2) is 5.78 Å². The van der Waals surface area contributed by atoms with E-state index in [0.717, 1.165) is 27.4 Å². The van der Waals surface area contributed by atoms with Crippen molar-refractivity contribution in [2.75, 3.05) is 6.54 Å². The molecule has 0 spiro atoms. The number of Topliss-reactive ketones (excluding diaryl/α,β-unsaturated/α-hetero) is 1. The van der Waals surface area contributed by atoms with Gasteiger partial charge in [-0.3, -0.25) is 9.79 Å². The zero-order valence-corrected chi connectivity index (χ0v) is 14.9. The summed E-state index contributed by atoms with van der Waals surface area (Å²) in [4.78, 5) is 21.8. The molecule has 0 saturated carbocycles.